The first-order valence-corrected chi connectivity index (χ1v) is 5.36. The standard InChI is InChI=1S/C9H5BrN2OS/c10-9-2-1-8(14-9)7(13)3-6(4-11)5-12/h1-2,6H,3H2. The lowest BCUT2D eigenvalue weighted by Gasteiger charge is -1.95. The molecule has 0 aliphatic rings. The first-order chi connectivity index (χ1) is 6.67. The van der Waals surface area contributed by atoms with Crippen LogP contribution in [0, 0.1) is 28.6 Å². The molecule has 0 saturated heterocycles. The van der Waals surface area contributed by atoms with E-state index in [0.29, 0.717) is 4.88 Å². The van der Waals surface area contributed by atoms with Gasteiger partial charge in [-0.15, -0.1) is 11.3 Å². The van der Waals surface area contributed by atoms with E-state index in [1.165, 1.54) is 11.3 Å². The van der Waals surface area contributed by atoms with E-state index >= 15 is 0 Å². The molecule has 5 heteroatoms. The molecule has 0 radical (unpaired) electrons. The zero-order chi connectivity index (χ0) is 10.6. The van der Waals surface area contributed by atoms with Crippen molar-refractivity contribution < 1.29 is 4.79 Å². The molecule has 0 bridgehead atoms. The number of carbonyl (C=O) groups excluding carboxylic acids is 1. The highest BCUT2D eigenvalue weighted by Gasteiger charge is 2.15. The van der Waals surface area contributed by atoms with Crippen molar-refractivity contribution in [2.75, 3.05) is 0 Å². The molecule has 0 aliphatic carbocycles. The third-order valence-electron chi connectivity index (χ3n) is 1.55. The number of carbonyl (C=O) groups is 1. The summed E-state index contributed by atoms with van der Waals surface area (Å²) in [6.45, 7) is 0. The molecule has 1 rings (SSSR count). The third-order valence-corrected chi connectivity index (χ3v) is 3.21. The first-order valence-electron chi connectivity index (χ1n) is 3.75. The molecule has 0 fully saturated rings. The predicted molar refractivity (Wildman–Crippen MR) is 55.7 cm³/mol. The van der Waals surface area contributed by atoms with Crippen molar-refractivity contribution >= 4 is 33.0 Å². The Morgan fingerprint density at radius 3 is 2.57 bits per heavy atom. The summed E-state index contributed by atoms with van der Waals surface area (Å²) >= 11 is 4.54. The van der Waals surface area contributed by atoms with Gasteiger partial charge in [0, 0.05) is 6.42 Å². The van der Waals surface area contributed by atoms with Gasteiger partial charge >= 0.3 is 0 Å². The molecule has 0 unspecified atom stereocenters. The van der Waals surface area contributed by atoms with Gasteiger partial charge in [0.2, 0.25) is 0 Å². The molecule has 0 spiro atoms. The van der Waals surface area contributed by atoms with Gasteiger partial charge in [0.15, 0.2) is 5.78 Å². The summed E-state index contributed by atoms with van der Waals surface area (Å²) in [5.41, 5.74) is 0. The van der Waals surface area contributed by atoms with Crippen LogP contribution >= 0.6 is 27.3 Å². The summed E-state index contributed by atoms with van der Waals surface area (Å²) < 4.78 is 0.867. The number of hydrogen-bond acceptors (Lipinski definition) is 4. The molecule has 3 nitrogen and oxygen atoms in total. The summed E-state index contributed by atoms with van der Waals surface area (Å²) in [5.74, 6) is -1.00. The summed E-state index contributed by atoms with van der Waals surface area (Å²) in [4.78, 5) is 12.0. The average Bonchev–Trinajstić information content (AvgIpc) is 2.61. The molecule has 1 aromatic heterocycles. The number of Topliss-reactive ketones (excluding diaryl/α,β-unsaturated/α-hetero) is 1. The van der Waals surface area contributed by atoms with Crippen molar-refractivity contribution in [1.29, 1.82) is 10.5 Å². The third kappa shape index (κ3) is 2.66. The van der Waals surface area contributed by atoms with Crippen LogP contribution in [-0.4, -0.2) is 5.78 Å². The van der Waals surface area contributed by atoms with Crippen LogP contribution in [0.2, 0.25) is 0 Å². The minimum atomic E-state index is -0.844. The summed E-state index contributed by atoms with van der Waals surface area (Å²) in [6.07, 6.45) is -0.0278. The van der Waals surface area contributed by atoms with Gasteiger partial charge in [-0.1, -0.05) is 0 Å². The summed E-state index contributed by atoms with van der Waals surface area (Å²) in [5, 5.41) is 17.0. The minimum Gasteiger partial charge on any atom is -0.293 e. The number of rotatable bonds is 3. The highest BCUT2D eigenvalue weighted by molar-refractivity contribution is 9.11. The second kappa shape index (κ2) is 4.90. The highest BCUT2D eigenvalue weighted by atomic mass is 79.9. The maximum absolute atomic E-state index is 11.5. The monoisotopic (exact) mass is 268 g/mol. The van der Waals surface area contributed by atoms with Crippen molar-refractivity contribution in [1.82, 2.24) is 0 Å². The zero-order valence-corrected chi connectivity index (χ0v) is 9.43. The number of nitriles is 2. The van der Waals surface area contributed by atoms with E-state index < -0.39 is 5.92 Å². The quantitative estimate of drug-likeness (QED) is 0.792. The van der Waals surface area contributed by atoms with E-state index in [1.54, 1.807) is 24.3 Å². The number of nitrogens with zero attached hydrogens (tertiary/aromatic N) is 2. The van der Waals surface area contributed by atoms with Gasteiger partial charge in [-0.05, 0) is 28.1 Å². The molecular weight excluding hydrogens is 264 g/mol. The number of halogens is 1. The average molecular weight is 269 g/mol. The second-order valence-corrected chi connectivity index (χ2v) is 5.00. The van der Waals surface area contributed by atoms with Gasteiger partial charge in [-0.2, -0.15) is 10.5 Å². The summed E-state index contributed by atoms with van der Waals surface area (Å²) in [7, 11) is 0. The second-order valence-electron chi connectivity index (χ2n) is 2.54. The van der Waals surface area contributed by atoms with Crippen LogP contribution in [0.5, 0.6) is 0 Å². The molecule has 0 aromatic carbocycles. The molecular formula is C9H5BrN2OS. The van der Waals surface area contributed by atoms with E-state index in [9.17, 15) is 4.79 Å². The molecule has 14 heavy (non-hydrogen) atoms. The Morgan fingerprint density at radius 1 is 1.50 bits per heavy atom. The van der Waals surface area contributed by atoms with Crippen molar-refractivity contribution in [2.45, 2.75) is 6.42 Å². The Morgan fingerprint density at radius 2 is 2.14 bits per heavy atom. The number of hydrogen-bond donors (Lipinski definition) is 0. The van der Waals surface area contributed by atoms with Gasteiger partial charge in [0.25, 0.3) is 0 Å². The van der Waals surface area contributed by atoms with E-state index in [-0.39, 0.29) is 12.2 Å². The van der Waals surface area contributed by atoms with Crippen LogP contribution in [-0.2, 0) is 0 Å². The minimum absolute atomic E-state index is 0.0278. The van der Waals surface area contributed by atoms with Crippen molar-refractivity contribution in [3.05, 3.63) is 20.8 Å². The Bertz CT molecular complexity index is 413. The van der Waals surface area contributed by atoms with Gasteiger partial charge in [0.05, 0.1) is 20.8 Å². The maximum atomic E-state index is 11.5. The molecule has 0 N–H and O–H groups in total. The van der Waals surface area contributed by atoms with Gasteiger partial charge in [-0.25, -0.2) is 0 Å². The SMILES string of the molecule is N#CC(C#N)CC(=O)c1ccc(Br)s1. The number of thiophene rings is 1. The highest BCUT2D eigenvalue weighted by Crippen LogP contribution is 2.23. The fourth-order valence-corrected chi connectivity index (χ4v) is 2.21. The molecule has 0 saturated carbocycles. The van der Waals surface area contributed by atoms with Crippen LogP contribution in [0.4, 0.5) is 0 Å². The van der Waals surface area contributed by atoms with Crippen molar-refractivity contribution in [3.63, 3.8) is 0 Å². The molecule has 0 amide bonds. The molecule has 1 aromatic rings. The maximum Gasteiger partial charge on any atom is 0.175 e. The Balaban J connectivity index is 2.70. The van der Waals surface area contributed by atoms with Crippen LogP contribution in [0.15, 0.2) is 15.9 Å². The lowest BCUT2D eigenvalue weighted by molar-refractivity contribution is 0.0980. The number of ketones is 1. The Hall–Kier alpha value is -1.17. The molecule has 70 valence electrons. The molecule has 0 aliphatic heterocycles. The van der Waals surface area contributed by atoms with E-state index in [4.69, 9.17) is 10.5 Å². The fourth-order valence-electron chi connectivity index (χ4n) is 0.870. The topological polar surface area (TPSA) is 64.7 Å². The van der Waals surface area contributed by atoms with Crippen LogP contribution in [0.25, 0.3) is 0 Å². The zero-order valence-electron chi connectivity index (χ0n) is 7.03. The fraction of sp³-hybridized carbons (Fsp3) is 0.222. The lowest BCUT2D eigenvalue weighted by atomic mass is 10.1. The largest absolute Gasteiger partial charge is 0.293 e. The van der Waals surface area contributed by atoms with Crippen molar-refractivity contribution in [3.8, 4) is 12.1 Å². The normalized spacial score (nSPS) is 9.43. The predicted octanol–water partition coefficient (Wildman–Crippen LogP) is 2.75. The van der Waals surface area contributed by atoms with Gasteiger partial charge < -0.3 is 0 Å². The van der Waals surface area contributed by atoms with Gasteiger partial charge in [-0.3, -0.25) is 4.79 Å². The van der Waals surface area contributed by atoms with E-state index in [0.717, 1.165) is 3.79 Å². The summed E-state index contributed by atoms with van der Waals surface area (Å²) in [6, 6.07) is 6.99. The first kappa shape index (κ1) is 10.9. The Labute approximate surface area is 93.7 Å². The van der Waals surface area contributed by atoms with Crippen LogP contribution in [0.1, 0.15) is 16.1 Å². The molecule has 1 heterocycles. The van der Waals surface area contributed by atoms with Crippen LogP contribution < -0.4 is 0 Å². The van der Waals surface area contributed by atoms with E-state index in [2.05, 4.69) is 15.9 Å². The lowest BCUT2D eigenvalue weighted by Crippen LogP contribution is -2.03. The van der Waals surface area contributed by atoms with Crippen molar-refractivity contribution in [2.24, 2.45) is 5.92 Å². The smallest absolute Gasteiger partial charge is 0.175 e. The van der Waals surface area contributed by atoms with Crippen LogP contribution in [0.3, 0.4) is 0 Å². The Kier molecular flexibility index (Phi) is 3.82. The van der Waals surface area contributed by atoms with Gasteiger partial charge in [0.1, 0.15) is 5.92 Å². The molecule has 0 atom stereocenters. The van der Waals surface area contributed by atoms with E-state index in [1.807, 2.05) is 0 Å².